The van der Waals surface area contributed by atoms with Crippen molar-refractivity contribution in [1.82, 2.24) is 10.2 Å². The Morgan fingerprint density at radius 3 is 2.83 bits per heavy atom. The maximum Gasteiger partial charge on any atom is 0.325 e. The normalized spacial score (nSPS) is 36.1. The highest BCUT2D eigenvalue weighted by Crippen LogP contribution is 2.43. The SMILES string of the molecule is CC1CCC(O)(CN2C(=O)NC3(CCCc4sccc43)C2=O)CC1. The number of carbonyl (C=O) groups is 2. The molecule has 3 amide bonds. The van der Waals surface area contributed by atoms with Crippen molar-refractivity contribution in [1.29, 1.82) is 0 Å². The molecule has 1 atom stereocenters. The molecule has 1 aromatic heterocycles. The molecule has 1 saturated carbocycles. The van der Waals surface area contributed by atoms with E-state index in [2.05, 4.69) is 12.2 Å². The van der Waals surface area contributed by atoms with E-state index in [1.807, 2.05) is 11.4 Å². The molecule has 2 fully saturated rings. The Balaban J connectivity index is 1.59. The Morgan fingerprint density at radius 2 is 2.08 bits per heavy atom. The van der Waals surface area contributed by atoms with E-state index < -0.39 is 11.1 Å². The van der Waals surface area contributed by atoms with E-state index in [4.69, 9.17) is 0 Å². The van der Waals surface area contributed by atoms with E-state index in [-0.39, 0.29) is 18.5 Å². The van der Waals surface area contributed by atoms with Crippen LogP contribution in [0, 0.1) is 5.92 Å². The van der Waals surface area contributed by atoms with Gasteiger partial charge in [-0.15, -0.1) is 11.3 Å². The highest BCUT2D eigenvalue weighted by Gasteiger charge is 2.55. The van der Waals surface area contributed by atoms with Crippen molar-refractivity contribution in [2.24, 2.45) is 5.92 Å². The van der Waals surface area contributed by atoms with Gasteiger partial charge in [0.15, 0.2) is 0 Å². The number of hydrogen-bond acceptors (Lipinski definition) is 4. The number of aryl methyl sites for hydroxylation is 1. The van der Waals surface area contributed by atoms with Crippen molar-refractivity contribution >= 4 is 23.3 Å². The minimum atomic E-state index is -0.933. The second-order valence-corrected chi connectivity index (χ2v) is 8.75. The van der Waals surface area contributed by atoms with Crippen LogP contribution in [0.5, 0.6) is 0 Å². The van der Waals surface area contributed by atoms with Crippen molar-refractivity contribution in [3.63, 3.8) is 0 Å². The van der Waals surface area contributed by atoms with Crippen LogP contribution in [-0.4, -0.2) is 34.1 Å². The van der Waals surface area contributed by atoms with E-state index in [0.717, 1.165) is 31.2 Å². The van der Waals surface area contributed by atoms with Crippen LogP contribution in [0.4, 0.5) is 4.79 Å². The van der Waals surface area contributed by atoms with Crippen LogP contribution in [0.25, 0.3) is 0 Å². The molecule has 1 aromatic rings. The third kappa shape index (κ3) is 2.39. The van der Waals surface area contributed by atoms with Gasteiger partial charge >= 0.3 is 6.03 Å². The molecule has 4 rings (SSSR count). The summed E-state index contributed by atoms with van der Waals surface area (Å²) in [5.74, 6) is 0.422. The van der Waals surface area contributed by atoms with Gasteiger partial charge in [-0.25, -0.2) is 4.79 Å². The first kappa shape index (κ1) is 16.1. The van der Waals surface area contributed by atoms with Crippen molar-refractivity contribution in [2.45, 2.75) is 63.0 Å². The zero-order valence-electron chi connectivity index (χ0n) is 14.0. The quantitative estimate of drug-likeness (QED) is 0.808. The maximum absolute atomic E-state index is 13.2. The summed E-state index contributed by atoms with van der Waals surface area (Å²) in [7, 11) is 0. The van der Waals surface area contributed by atoms with Crippen LogP contribution in [-0.2, 0) is 16.8 Å². The zero-order valence-corrected chi connectivity index (χ0v) is 14.8. The summed E-state index contributed by atoms with van der Waals surface area (Å²) in [6, 6.07) is 1.61. The third-order valence-corrected chi connectivity index (χ3v) is 6.97. The Labute approximate surface area is 146 Å². The molecule has 130 valence electrons. The summed E-state index contributed by atoms with van der Waals surface area (Å²) in [4.78, 5) is 28.2. The van der Waals surface area contributed by atoms with Crippen LogP contribution >= 0.6 is 11.3 Å². The topological polar surface area (TPSA) is 69.6 Å². The molecule has 0 radical (unpaired) electrons. The summed E-state index contributed by atoms with van der Waals surface area (Å²) in [5, 5.41) is 15.8. The number of hydrogen-bond donors (Lipinski definition) is 2. The first-order chi connectivity index (χ1) is 11.4. The van der Waals surface area contributed by atoms with Crippen molar-refractivity contribution in [3.8, 4) is 0 Å². The molecule has 1 unspecified atom stereocenters. The predicted octanol–water partition coefficient (Wildman–Crippen LogP) is 2.77. The number of aliphatic hydroxyl groups is 1. The van der Waals surface area contributed by atoms with Crippen molar-refractivity contribution in [2.75, 3.05) is 6.54 Å². The van der Waals surface area contributed by atoms with Gasteiger partial charge in [0.1, 0.15) is 5.54 Å². The third-order valence-electron chi connectivity index (χ3n) is 5.99. The van der Waals surface area contributed by atoms with Crippen LogP contribution in [0.3, 0.4) is 0 Å². The standard InChI is InChI=1S/C18H24N2O3S/c1-12-4-8-17(23,9-5-12)11-20-15(21)18(19-16(20)22)7-2-3-14-13(18)6-10-24-14/h6,10,12,23H,2-5,7-9,11H2,1H3,(H,19,22). The van der Waals surface area contributed by atoms with Crippen LogP contribution in [0.1, 0.15) is 55.9 Å². The van der Waals surface area contributed by atoms with Gasteiger partial charge in [0.05, 0.1) is 12.1 Å². The summed E-state index contributed by atoms with van der Waals surface area (Å²) in [5.41, 5.74) is -0.871. The van der Waals surface area contributed by atoms with Gasteiger partial charge in [0.2, 0.25) is 0 Å². The van der Waals surface area contributed by atoms with Crippen LogP contribution < -0.4 is 5.32 Å². The summed E-state index contributed by atoms with van der Waals surface area (Å²) in [6.45, 7) is 2.30. The molecule has 2 N–H and O–H groups in total. The molecule has 5 nitrogen and oxygen atoms in total. The Kier molecular flexibility index (Phi) is 3.73. The van der Waals surface area contributed by atoms with E-state index in [9.17, 15) is 14.7 Å². The van der Waals surface area contributed by atoms with Gasteiger partial charge in [-0.3, -0.25) is 9.69 Å². The van der Waals surface area contributed by atoms with E-state index >= 15 is 0 Å². The molecule has 1 spiro atoms. The fourth-order valence-corrected chi connectivity index (χ4v) is 5.44. The summed E-state index contributed by atoms with van der Waals surface area (Å²) < 4.78 is 0. The van der Waals surface area contributed by atoms with Crippen molar-refractivity contribution in [3.05, 3.63) is 21.9 Å². The number of imide groups is 1. The average Bonchev–Trinajstić information content (AvgIpc) is 3.12. The molecule has 0 bridgehead atoms. The minimum Gasteiger partial charge on any atom is -0.388 e. The highest BCUT2D eigenvalue weighted by atomic mass is 32.1. The zero-order chi connectivity index (χ0) is 16.9. The Bertz CT molecular complexity index is 678. The highest BCUT2D eigenvalue weighted by molar-refractivity contribution is 7.10. The van der Waals surface area contributed by atoms with Gasteiger partial charge < -0.3 is 10.4 Å². The molecular weight excluding hydrogens is 324 g/mol. The van der Waals surface area contributed by atoms with Gasteiger partial charge in [0, 0.05) is 10.4 Å². The lowest BCUT2D eigenvalue weighted by atomic mass is 9.78. The van der Waals surface area contributed by atoms with Crippen LogP contribution in [0.2, 0.25) is 0 Å². The van der Waals surface area contributed by atoms with Gasteiger partial charge in [0.25, 0.3) is 5.91 Å². The fourth-order valence-electron chi connectivity index (χ4n) is 4.44. The molecule has 1 aliphatic heterocycles. The molecule has 24 heavy (non-hydrogen) atoms. The number of rotatable bonds is 2. The van der Waals surface area contributed by atoms with Crippen LogP contribution in [0.15, 0.2) is 11.4 Å². The Hall–Kier alpha value is -1.40. The van der Waals surface area contributed by atoms with Gasteiger partial charge in [-0.2, -0.15) is 0 Å². The number of urea groups is 1. The Morgan fingerprint density at radius 1 is 1.33 bits per heavy atom. The van der Waals surface area contributed by atoms with E-state index in [1.165, 1.54) is 9.78 Å². The number of nitrogens with one attached hydrogen (secondary N) is 1. The number of nitrogens with zero attached hydrogens (tertiary/aromatic N) is 1. The second-order valence-electron chi connectivity index (χ2n) is 7.74. The van der Waals surface area contributed by atoms with E-state index in [1.54, 1.807) is 11.3 Å². The molecule has 2 aliphatic carbocycles. The first-order valence-corrected chi connectivity index (χ1v) is 9.75. The largest absolute Gasteiger partial charge is 0.388 e. The molecule has 6 heteroatoms. The first-order valence-electron chi connectivity index (χ1n) is 8.87. The van der Waals surface area contributed by atoms with E-state index in [0.29, 0.717) is 25.2 Å². The average molecular weight is 348 g/mol. The molecular formula is C18H24N2O3S. The maximum atomic E-state index is 13.2. The monoisotopic (exact) mass is 348 g/mol. The predicted molar refractivity (Wildman–Crippen MR) is 91.8 cm³/mol. The smallest absolute Gasteiger partial charge is 0.325 e. The van der Waals surface area contributed by atoms with Crippen molar-refractivity contribution < 1.29 is 14.7 Å². The number of carbonyl (C=O) groups excluding carboxylic acids is 2. The lowest BCUT2D eigenvalue weighted by molar-refractivity contribution is -0.135. The molecule has 1 saturated heterocycles. The lowest BCUT2D eigenvalue weighted by Gasteiger charge is -2.37. The number of amides is 3. The number of β-amino-alcohol motifs (C(OH)–C–C–N with tert-alkyl or cyclic N) is 1. The lowest BCUT2D eigenvalue weighted by Crippen LogP contribution is -2.49. The second kappa shape index (κ2) is 5.56. The minimum absolute atomic E-state index is 0.117. The molecule has 0 aromatic carbocycles. The van der Waals surface area contributed by atoms with Gasteiger partial charge in [-0.1, -0.05) is 6.92 Å². The van der Waals surface area contributed by atoms with Gasteiger partial charge in [-0.05, 0) is 62.3 Å². The summed E-state index contributed by atoms with van der Waals surface area (Å²) >= 11 is 1.65. The molecule has 2 heterocycles. The summed E-state index contributed by atoms with van der Waals surface area (Å²) in [6.07, 6.45) is 5.71. The fraction of sp³-hybridized carbons (Fsp3) is 0.667. The molecule has 3 aliphatic rings. The number of thiophene rings is 1. The number of fused-ring (bicyclic) bond motifs is 2.